The van der Waals surface area contributed by atoms with Gasteiger partial charge in [-0.1, -0.05) is 59.3 Å². The SMILES string of the molecule is Cc1ccc(-c2nnc(SCC(=O)NN=Cc3ccc(O)cc3)n2-c2ccc(C)cc2)cc1. The van der Waals surface area contributed by atoms with Gasteiger partial charge < -0.3 is 5.11 Å². The Kier molecular flexibility index (Phi) is 6.85. The van der Waals surface area contributed by atoms with Gasteiger partial charge in [-0.25, -0.2) is 5.43 Å². The maximum Gasteiger partial charge on any atom is 0.250 e. The number of hydrogen-bond donors (Lipinski definition) is 2. The zero-order valence-corrected chi connectivity index (χ0v) is 19.1. The van der Waals surface area contributed by atoms with Gasteiger partial charge in [0.25, 0.3) is 5.91 Å². The Balaban J connectivity index is 1.51. The summed E-state index contributed by atoms with van der Waals surface area (Å²) in [6, 6.07) is 22.7. The topological polar surface area (TPSA) is 92.4 Å². The zero-order chi connectivity index (χ0) is 23.2. The molecule has 8 heteroatoms. The molecule has 1 amide bonds. The molecule has 0 aliphatic carbocycles. The highest BCUT2D eigenvalue weighted by Crippen LogP contribution is 2.28. The fourth-order valence-electron chi connectivity index (χ4n) is 3.08. The number of rotatable bonds is 7. The molecule has 3 aromatic carbocycles. The zero-order valence-electron chi connectivity index (χ0n) is 18.3. The van der Waals surface area contributed by atoms with Gasteiger partial charge in [-0.3, -0.25) is 9.36 Å². The molecule has 166 valence electrons. The van der Waals surface area contributed by atoms with E-state index in [1.807, 2.05) is 66.9 Å². The normalized spacial score (nSPS) is 11.1. The van der Waals surface area contributed by atoms with E-state index in [1.165, 1.54) is 23.5 Å². The van der Waals surface area contributed by atoms with Crippen molar-refractivity contribution in [1.82, 2.24) is 20.2 Å². The molecule has 33 heavy (non-hydrogen) atoms. The van der Waals surface area contributed by atoms with Crippen LogP contribution in [0.5, 0.6) is 5.75 Å². The number of benzene rings is 3. The van der Waals surface area contributed by atoms with E-state index in [0.29, 0.717) is 11.0 Å². The second-order valence-electron chi connectivity index (χ2n) is 7.52. The third-order valence-corrected chi connectivity index (χ3v) is 5.79. The van der Waals surface area contributed by atoms with Crippen molar-refractivity contribution in [2.24, 2.45) is 5.10 Å². The Morgan fingerprint density at radius 2 is 1.61 bits per heavy atom. The average molecular weight is 458 g/mol. The lowest BCUT2D eigenvalue weighted by Gasteiger charge is -2.11. The van der Waals surface area contributed by atoms with Crippen molar-refractivity contribution in [1.29, 1.82) is 0 Å². The molecule has 1 heterocycles. The monoisotopic (exact) mass is 457 g/mol. The van der Waals surface area contributed by atoms with Crippen molar-refractivity contribution >= 4 is 23.9 Å². The van der Waals surface area contributed by atoms with E-state index in [2.05, 4.69) is 20.7 Å². The number of aromatic hydroxyl groups is 1. The summed E-state index contributed by atoms with van der Waals surface area (Å²) in [5.41, 5.74) is 7.48. The van der Waals surface area contributed by atoms with Crippen LogP contribution in [0.15, 0.2) is 83.1 Å². The highest BCUT2D eigenvalue weighted by molar-refractivity contribution is 7.99. The van der Waals surface area contributed by atoms with Crippen LogP contribution in [0.3, 0.4) is 0 Å². The van der Waals surface area contributed by atoms with Crippen LogP contribution in [0.2, 0.25) is 0 Å². The molecule has 0 saturated carbocycles. The predicted molar refractivity (Wildman–Crippen MR) is 131 cm³/mol. The lowest BCUT2D eigenvalue weighted by Crippen LogP contribution is -2.20. The van der Waals surface area contributed by atoms with Crippen molar-refractivity contribution in [3.63, 3.8) is 0 Å². The van der Waals surface area contributed by atoms with Crippen molar-refractivity contribution < 1.29 is 9.90 Å². The largest absolute Gasteiger partial charge is 0.508 e. The minimum Gasteiger partial charge on any atom is -0.508 e. The number of amides is 1. The Morgan fingerprint density at radius 1 is 0.970 bits per heavy atom. The molecule has 1 aromatic heterocycles. The van der Waals surface area contributed by atoms with Crippen molar-refractivity contribution in [3.8, 4) is 22.8 Å². The quantitative estimate of drug-likeness (QED) is 0.242. The number of thioether (sulfide) groups is 1. The van der Waals surface area contributed by atoms with Gasteiger partial charge in [-0.15, -0.1) is 10.2 Å². The van der Waals surface area contributed by atoms with Gasteiger partial charge >= 0.3 is 0 Å². The van der Waals surface area contributed by atoms with Crippen LogP contribution in [0.1, 0.15) is 16.7 Å². The number of carbonyl (C=O) groups excluding carboxylic acids is 1. The first kappa shape index (κ1) is 22.3. The number of nitrogens with one attached hydrogen (secondary N) is 1. The number of phenols is 1. The fourth-order valence-corrected chi connectivity index (χ4v) is 3.83. The third-order valence-electron chi connectivity index (χ3n) is 4.86. The summed E-state index contributed by atoms with van der Waals surface area (Å²) in [4.78, 5) is 12.3. The van der Waals surface area contributed by atoms with E-state index in [1.54, 1.807) is 24.3 Å². The number of carbonyl (C=O) groups is 1. The van der Waals surface area contributed by atoms with Crippen LogP contribution in [0, 0.1) is 13.8 Å². The molecule has 0 radical (unpaired) electrons. The number of aromatic nitrogens is 3. The van der Waals surface area contributed by atoms with Crippen LogP contribution < -0.4 is 5.43 Å². The van der Waals surface area contributed by atoms with E-state index in [9.17, 15) is 9.90 Å². The molecule has 0 aliphatic rings. The molecular formula is C25H23N5O2S. The average Bonchev–Trinajstić information content (AvgIpc) is 3.24. The van der Waals surface area contributed by atoms with Gasteiger partial charge in [0, 0.05) is 11.3 Å². The van der Waals surface area contributed by atoms with Gasteiger partial charge in [0.2, 0.25) is 0 Å². The third kappa shape index (κ3) is 5.67. The van der Waals surface area contributed by atoms with Crippen LogP contribution >= 0.6 is 11.8 Å². The first-order valence-corrected chi connectivity index (χ1v) is 11.3. The Labute approximate surface area is 196 Å². The molecular weight excluding hydrogens is 434 g/mol. The van der Waals surface area contributed by atoms with Crippen molar-refractivity contribution in [2.45, 2.75) is 19.0 Å². The van der Waals surface area contributed by atoms with E-state index < -0.39 is 0 Å². The second-order valence-corrected chi connectivity index (χ2v) is 8.46. The second kappa shape index (κ2) is 10.1. The summed E-state index contributed by atoms with van der Waals surface area (Å²) in [5.74, 6) is 0.762. The van der Waals surface area contributed by atoms with E-state index >= 15 is 0 Å². The van der Waals surface area contributed by atoms with Gasteiger partial charge in [-0.2, -0.15) is 5.10 Å². The highest BCUT2D eigenvalue weighted by Gasteiger charge is 2.17. The molecule has 0 spiro atoms. The van der Waals surface area contributed by atoms with Gasteiger partial charge in [0.1, 0.15) is 5.75 Å². The van der Waals surface area contributed by atoms with Crippen LogP contribution in [0.4, 0.5) is 0 Å². The molecule has 0 aliphatic heterocycles. The summed E-state index contributed by atoms with van der Waals surface area (Å²) < 4.78 is 1.96. The minimum atomic E-state index is -0.259. The summed E-state index contributed by atoms with van der Waals surface area (Å²) in [6.07, 6.45) is 1.52. The lowest BCUT2D eigenvalue weighted by molar-refractivity contribution is -0.118. The summed E-state index contributed by atoms with van der Waals surface area (Å²) >= 11 is 1.29. The maximum absolute atomic E-state index is 12.3. The number of hydrogen-bond acceptors (Lipinski definition) is 6. The predicted octanol–water partition coefficient (Wildman–Crippen LogP) is 4.50. The highest BCUT2D eigenvalue weighted by atomic mass is 32.2. The summed E-state index contributed by atoms with van der Waals surface area (Å²) in [7, 11) is 0. The lowest BCUT2D eigenvalue weighted by atomic mass is 10.1. The minimum absolute atomic E-state index is 0.130. The van der Waals surface area contributed by atoms with E-state index in [4.69, 9.17) is 0 Å². The molecule has 0 bridgehead atoms. The number of hydrazone groups is 1. The van der Waals surface area contributed by atoms with E-state index in [-0.39, 0.29) is 17.4 Å². The van der Waals surface area contributed by atoms with E-state index in [0.717, 1.165) is 22.4 Å². The Morgan fingerprint density at radius 3 is 2.27 bits per heavy atom. The molecule has 4 rings (SSSR count). The van der Waals surface area contributed by atoms with Crippen LogP contribution in [-0.2, 0) is 4.79 Å². The first-order chi connectivity index (χ1) is 16.0. The van der Waals surface area contributed by atoms with Crippen molar-refractivity contribution in [2.75, 3.05) is 5.75 Å². The van der Waals surface area contributed by atoms with Gasteiger partial charge in [0.05, 0.1) is 12.0 Å². The number of nitrogens with zero attached hydrogens (tertiary/aromatic N) is 4. The molecule has 0 saturated heterocycles. The van der Waals surface area contributed by atoms with Crippen LogP contribution in [0.25, 0.3) is 17.1 Å². The fraction of sp³-hybridized carbons (Fsp3) is 0.120. The first-order valence-electron chi connectivity index (χ1n) is 10.3. The molecule has 0 unspecified atom stereocenters. The van der Waals surface area contributed by atoms with Gasteiger partial charge in [-0.05, 0) is 55.8 Å². The maximum atomic E-state index is 12.3. The van der Waals surface area contributed by atoms with Gasteiger partial charge in [0.15, 0.2) is 11.0 Å². The molecule has 0 fully saturated rings. The number of aryl methyl sites for hydroxylation is 2. The molecule has 7 nitrogen and oxygen atoms in total. The molecule has 4 aromatic rings. The van der Waals surface area contributed by atoms with Crippen molar-refractivity contribution in [3.05, 3.63) is 89.5 Å². The standard InChI is InChI=1S/C25H23N5O2S/c1-17-3-9-20(10-4-17)24-28-29-25(30(24)21-11-5-18(2)6-12-21)33-16-23(32)27-26-15-19-7-13-22(31)14-8-19/h3-15,31H,16H2,1-2H3,(H,27,32). The van der Waals surface area contributed by atoms with Crippen LogP contribution in [-0.4, -0.2) is 37.7 Å². The summed E-state index contributed by atoms with van der Waals surface area (Å²) in [6.45, 7) is 4.08. The Bertz CT molecular complexity index is 1260. The number of phenolic OH excluding ortho intramolecular Hbond substituents is 1. The molecule has 2 N–H and O–H groups in total. The Hall–Kier alpha value is -3.91. The smallest absolute Gasteiger partial charge is 0.250 e. The molecule has 0 atom stereocenters. The summed E-state index contributed by atoms with van der Waals surface area (Å²) in [5, 5.41) is 22.7.